The highest BCUT2D eigenvalue weighted by atomic mass is 127. The molecule has 1 aromatic heterocycles. The molecule has 0 amide bonds. The fraction of sp³-hybridized carbons (Fsp3) is 0.583. The van der Waals surface area contributed by atoms with E-state index in [1.165, 1.54) is 4.88 Å². The molecule has 0 atom stereocenters. The van der Waals surface area contributed by atoms with Gasteiger partial charge in [-0.05, 0) is 35.8 Å². The molecular formula is C12H21BrIN3OS. The molecule has 0 aliphatic carbocycles. The third kappa shape index (κ3) is 8.83. The minimum Gasteiger partial charge on any atom is -0.380 e. The number of hydrogen-bond acceptors (Lipinski definition) is 3. The van der Waals surface area contributed by atoms with Crippen molar-refractivity contribution in [1.29, 1.82) is 0 Å². The molecule has 1 rings (SSSR count). The van der Waals surface area contributed by atoms with Crippen LogP contribution in [0.1, 0.15) is 18.7 Å². The van der Waals surface area contributed by atoms with Gasteiger partial charge in [0.2, 0.25) is 0 Å². The number of guanidine groups is 1. The lowest BCUT2D eigenvalue weighted by molar-refractivity contribution is 0.152. The zero-order valence-electron chi connectivity index (χ0n) is 11.2. The molecule has 0 aliphatic heterocycles. The monoisotopic (exact) mass is 461 g/mol. The van der Waals surface area contributed by atoms with E-state index in [1.54, 1.807) is 11.3 Å². The summed E-state index contributed by atoms with van der Waals surface area (Å²) in [5, 5.41) is 8.52. The molecule has 0 aromatic carbocycles. The predicted molar refractivity (Wildman–Crippen MR) is 96.7 cm³/mol. The number of thiophene rings is 1. The predicted octanol–water partition coefficient (Wildman–Crippen LogP) is 3.22. The second kappa shape index (κ2) is 11.9. The highest BCUT2D eigenvalue weighted by Crippen LogP contribution is 2.20. The van der Waals surface area contributed by atoms with Crippen molar-refractivity contribution in [2.24, 2.45) is 4.99 Å². The molecule has 1 aromatic rings. The summed E-state index contributed by atoms with van der Waals surface area (Å²) in [6.45, 7) is 7.82. The molecule has 0 saturated heterocycles. The molecule has 0 radical (unpaired) electrons. The van der Waals surface area contributed by atoms with Crippen LogP contribution in [-0.2, 0) is 11.3 Å². The van der Waals surface area contributed by atoms with Gasteiger partial charge in [0.15, 0.2) is 5.96 Å². The average Bonchev–Trinajstić information content (AvgIpc) is 2.77. The summed E-state index contributed by atoms with van der Waals surface area (Å²) in [6, 6.07) is 2.10. The van der Waals surface area contributed by atoms with E-state index in [0.717, 1.165) is 30.1 Å². The Morgan fingerprint density at radius 1 is 1.42 bits per heavy atom. The molecule has 0 spiro atoms. The average molecular weight is 462 g/mol. The molecule has 2 N–H and O–H groups in total. The van der Waals surface area contributed by atoms with E-state index < -0.39 is 0 Å². The van der Waals surface area contributed by atoms with Gasteiger partial charge in [0.1, 0.15) is 0 Å². The second-order valence-electron chi connectivity index (χ2n) is 3.55. The SMILES string of the molecule is CCNC(=NCc1cc(Br)cs1)NCCOCC.I. The van der Waals surface area contributed by atoms with Crippen LogP contribution in [0.15, 0.2) is 20.9 Å². The number of hydrogen-bond donors (Lipinski definition) is 2. The van der Waals surface area contributed by atoms with Crippen molar-refractivity contribution in [2.45, 2.75) is 20.4 Å². The fourth-order valence-corrected chi connectivity index (χ4v) is 2.70. The first-order chi connectivity index (χ1) is 8.76. The Balaban J connectivity index is 0.00000324. The van der Waals surface area contributed by atoms with E-state index in [2.05, 4.69) is 49.9 Å². The quantitative estimate of drug-likeness (QED) is 0.283. The van der Waals surface area contributed by atoms with Crippen molar-refractivity contribution < 1.29 is 4.74 Å². The van der Waals surface area contributed by atoms with E-state index in [4.69, 9.17) is 4.74 Å². The molecule has 0 aliphatic rings. The van der Waals surface area contributed by atoms with Crippen LogP contribution in [0.3, 0.4) is 0 Å². The molecule has 0 bridgehead atoms. The van der Waals surface area contributed by atoms with Crippen molar-refractivity contribution in [3.63, 3.8) is 0 Å². The minimum absolute atomic E-state index is 0. The van der Waals surface area contributed by atoms with Crippen LogP contribution in [0.4, 0.5) is 0 Å². The van der Waals surface area contributed by atoms with Crippen LogP contribution in [0.2, 0.25) is 0 Å². The number of aliphatic imine (C=N–C) groups is 1. The zero-order chi connectivity index (χ0) is 13.2. The summed E-state index contributed by atoms with van der Waals surface area (Å²) in [5.41, 5.74) is 0. The van der Waals surface area contributed by atoms with Gasteiger partial charge in [-0.25, -0.2) is 4.99 Å². The number of nitrogens with zero attached hydrogens (tertiary/aromatic N) is 1. The van der Waals surface area contributed by atoms with Crippen molar-refractivity contribution >= 4 is 57.2 Å². The van der Waals surface area contributed by atoms with Gasteiger partial charge in [-0.1, -0.05) is 0 Å². The second-order valence-corrected chi connectivity index (χ2v) is 5.46. The molecule has 0 fully saturated rings. The van der Waals surface area contributed by atoms with Crippen molar-refractivity contribution in [3.8, 4) is 0 Å². The zero-order valence-corrected chi connectivity index (χ0v) is 16.0. The Hall–Kier alpha value is 0.140. The van der Waals surface area contributed by atoms with Crippen LogP contribution in [0.25, 0.3) is 0 Å². The van der Waals surface area contributed by atoms with Crippen LogP contribution in [0.5, 0.6) is 0 Å². The smallest absolute Gasteiger partial charge is 0.191 e. The van der Waals surface area contributed by atoms with Gasteiger partial charge < -0.3 is 15.4 Å². The Bertz CT molecular complexity index is 374. The van der Waals surface area contributed by atoms with Crippen molar-refractivity contribution in [3.05, 3.63) is 20.8 Å². The Labute approximate surface area is 144 Å². The normalized spacial score (nSPS) is 11.0. The summed E-state index contributed by atoms with van der Waals surface area (Å²) >= 11 is 5.15. The molecule has 7 heteroatoms. The lowest BCUT2D eigenvalue weighted by Gasteiger charge is -2.10. The Morgan fingerprint density at radius 2 is 2.21 bits per heavy atom. The van der Waals surface area contributed by atoms with Crippen LogP contribution >= 0.6 is 51.2 Å². The standard InChI is InChI=1S/C12H20BrN3OS.HI/c1-3-14-12(15-5-6-17-4-2)16-8-11-7-10(13)9-18-11;/h7,9H,3-6,8H2,1-2H3,(H2,14,15,16);1H. The van der Waals surface area contributed by atoms with Crippen LogP contribution in [-0.4, -0.2) is 32.3 Å². The highest BCUT2D eigenvalue weighted by Gasteiger charge is 1.99. The molecule has 4 nitrogen and oxygen atoms in total. The maximum atomic E-state index is 5.28. The summed E-state index contributed by atoms with van der Waals surface area (Å²) in [4.78, 5) is 5.76. The molecule has 0 saturated carbocycles. The maximum absolute atomic E-state index is 5.28. The number of halogens is 2. The molecule has 19 heavy (non-hydrogen) atoms. The fourth-order valence-electron chi connectivity index (χ4n) is 1.32. The molecule has 1 heterocycles. The number of nitrogens with one attached hydrogen (secondary N) is 2. The maximum Gasteiger partial charge on any atom is 0.191 e. The van der Waals surface area contributed by atoms with Crippen molar-refractivity contribution in [2.75, 3.05) is 26.3 Å². The minimum atomic E-state index is 0. The summed E-state index contributed by atoms with van der Waals surface area (Å²) in [6.07, 6.45) is 0. The van der Waals surface area contributed by atoms with Crippen molar-refractivity contribution in [1.82, 2.24) is 10.6 Å². The number of rotatable bonds is 7. The first-order valence-electron chi connectivity index (χ1n) is 6.09. The lowest BCUT2D eigenvalue weighted by Crippen LogP contribution is -2.38. The highest BCUT2D eigenvalue weighted by molar-refractivity contribution is 14.0. The Morgan fingerprint density at radius 3 is 2.79 bits per heavy atom. The van der Waals surface area contributed by atoms with E-state index in [0.29, 0.717) is 13.2 Å². The first kappa shape index (κ1) is 19.1. The number of ether oxygens (including phenoxy) is 1. The summed E-state index contributed by atoms with van der Waals surface area (Å²) in [5.74, 6) is 0.835. The van der Waals surface area contributed by atoms with E-state index in [1.807, 2.05) is 6.92 Å². The van der Waals surface area contributed by atoms with Gasteiger partial charge in [0.05, 0.1) is 13.2 Å². The third-order valence-corrected chi connectivity index (χ3v) is 3.78. The van der Waals surface area contributed by atoms with E-state index >= 15 is 0 Å². The molecule has 0 unspecified atom stereocenters. The Kier molecular flexibility index (Phi) is 12.0. The summed E-state index contributed by atoms with van der Waals surface area (Å²) in [7, 11) is 0. The summed E-state index contributed by atoms with van der Waals surface area (Å²) < 4.78 is 6.40. The van der Waals surface area contributed by atoms with Gasteiger partial charge >= 0.3 is 0 Å². The molecule has 110 valence electrons. The van der Waals surface area contributed by atoms with Gasteiger partial charge in [0, 0.05) is 34.4 Å². The van der Waals surface area contributed by atoms with E-state index in [-0.39, 0.29) is 24.0 Å². The van der Waals surface area contributed by atoms with Crippen LogP contribution in [0, 0.1) is 0 Å². The third-order valence-electron chi connectivity index (χ3n) is 2.10. The van der Waals surface area contributed by atoms with Gasteiger partial charge in [-0.15, -0.1) is 35.3 Å². The first-order valence-corrected chi connectivity index (χ1v) is 7.76. The lowest BCUT2D eigenvalue weighted by atomic mass is 10.5. The van der Waals surface area contributed by atoms with Gasteiger partial charge in [0.25, 0.3) is 0 Å². The van der Waals surface area contributed by atoms with Gasteiger partial charge in [-0.3, -0.25) is 0 Å². The van der Waals surface area contributed by atoms with Gasteiger partial charge in [-0.2, -0.15) is 0 Å². The largest absolute Gasteiger partial charge is 0.380 e. The topological polar surface area (TPSA) is 45.7 Å². The molecular weight excluding hydrogens is 441 g/mol. The van der Waals surface area contributed by atoms with E-state index in [9.17, 15) is 0 Å². The van der Waals surface area contributed by atoms with Crippen LogP contribution < -0.4 is 10.6 Å².